The van der Waals surface area contributed by atoms with Crippen LogP contribution in [0.25, 0.3) is 0 Å². The lowest BCUT2D eigenvalue weighted by Crippen LogP contribution is -2.11. The zero-order valence-electron chi connectivity index (χ0n) is 12.2. The molecule has 0 spiro atoms. The van der Waals surface area contributed by atoms with Gasteiger partial charge in [-0.15, -0.1) is 0 Å². The summed E-state index contributed by atoms with van der Waals surface area (Å²) >= 11 is 0. The van der Waals surface area contributed by atoms with Crippen molar-refractivity contribution in [2.75, 3.05) is 10.6 Å². The number of carbonyl (C=O) groups excluding carboxylic acids is 1. The fourth-order valence-electron chi connectivity index (χ4n) is 2.21. The van der Waals surface area contributed by atoms with Gasteiger partial charge in [0.1, 0.15) is 5.82 Å². The number of nitrogens with one attached hydrogen (secondary N) is 2. The number of rotatable bonds is 5. The minimum absolute atomic E-state index is 0.0854. The second kappa shape index (κ2) is 6.88. The summed E-state index contributed by atoms with van der Waals surface area (Å²) in [5, 5.41) is 6.03. The largest absolute Gasteiger partial charge is 0.378 e. The van der Waals surface area contributed by atoms with Crippen LogP contribution in [0.2, 0.25) is 0 Å². The lowest BCUT2D eigenvalue weighted by molar-refractivity contribution is -0.114. The van der Waals surface area contributed by atoms with Crippen molar-refractivity contribution in [1.29, 1.82) is 0 Å². The lowest BCUT2D eigenvalue weighted by Gasteiger charge is -2.19. The monoisotopic (exact) mass is 286 g/mol. The average molecular weight is 286 g/mol. The Morgan fingerprint density at radius 2 is 1.71 bits per heavy atom. The summed E-state index contributed by atoms with van der Waals surface area (Å²) in [7, 11) is 0. The molecule has 0 heterocycles. The van der Waals surface area contributed by atoms with Crippen molar-refractivity contribution in [3.63, 3.8) is 0 Å². The van der Waals surface area contributed by atoms with E-state index in [4.69, 9.17) is 0 Å². The van der Waals surface area contributed by atoms with Crippen LogP contribution >= 0.6 is 0 Å². The first-order chi connectivity index (χ1) is 10.1. The lowest BCUT2D eigenvalue weighted by atomic mass is 10.0. The van der Waals surface area contributed by atoms with Crippen LogP contribution in [0.1, 0.15) is 31.9 Å². The van der Waals surface area contributed by atoms with Crippen molar-refractivity contribution in [1.82, 2.24) is 0 Å². The normalized spacial score (nSPS) is 11.8. The van der Waals surface area contributed by atoms with E-state index >= 15 is 0 Å². The van der Waals surface area contributed by atoms with Crippen LogP contribution in [0.5, 0.6) is 0 Å². The molecule has 1 amide bonds. The Morgan fingerprint density at radius 3 is 2.29 bits per heavy atom. The van der Waals surface area contributed by atoms with Crippen molar-refractivity contribution in [3.05, 3.63) is 59.9 Å². The fraction of sp³-hybridized carbons (Fsp3) is 0.235. The molecule has 4 heteroatoms. The third kappa shape index (κ3) is 4.05. The molecule has 0 aliphatic heterocycles. The van der Waals surface area contributed by atoms with Gasteiger partial charge in [0.05, 0.1) is 6.04 Å². The minimum Gasteiger partial charge on any atom is -0.378 e. The fourth-order valence-corrected chi connectivity index (χ4v) is 2.21. The van der Waals surface area contributed by atoms with Gasteiger partial charge in [-0.25, -0.2) is 4.39 Å². The molecule has 2 rings (SSSR count). The van der Waals surface area contributed by atoms with Gasteiger partial charge < -0.3 is 10.6 Å². The highest BCUT2D eigenvalue weighted by atomic mass is 19.1. The first kappa shape index (κ1) is 15.0. The molecule has 110 valence electrons. The predicted molar refractivity (Wildman–Crippen MR) is 83.8 cm³/mol. The van der Waals surface area contributed by atoms with Crippen molar-refractivity contribution >= 4 is 17.3 Å². The number of amides is 1. The standard InChI is InChI=1S/C17H19FN2O/c1-3-17(15-6-4-5-7-16(15)18)20-14-10-8-13(9-11-14)19-12(2)21/h4-11,17,20H,3H2,1-2H3,(H,19,21). The summed E-state index contributed by atoms with van der Waals surface area (Å²) in [5.41, 5.74) is 2.29. The summed E-state index contributed by atoms with van der Waals surface area (Å²) in [6.45, 7) is 3.48. The van der Waals surface area contributed by atoms with E-state index in [9.17, 15) is 9.18 Å². The van der Waals surface area contributed by atoms with Gasteiger partial charge in [0, 0.05) is 23.9 Å². The number of carbonyl (C=O) groups is 1. The maximum Gasteiger partial charge on any atom is 0.221 e. The van der Waals surface area contributed by atoms with Crippen LogP contribution in [-0.4, -0.2) is 5.91 Å². The minimum atomic E-state index is -0.202. The molecular formula is C17H19FN2O. The zero-order chi connectivity index (χ0) is 15.2. The van der Waals surface area contributed by atoms with Crippen LogP contribution in [0.4, 0.5) is 15.8 Å². The average Bonchev–Trinajstić information content (AvgIpc) is 2.47. The maximum absolute atomic E-state index is 13.8. The highest BCUT2D eigenvalue weighted by Crippen LogP contribution is 2.25. The van der Waals surface area contributed by atoms with Gasteiger partial charge in [-0.1, -0.05) is 25.1 Å². The smallest absolute Gasteiger partial charge is 0.221 e. The molecule has 0 aromatic heterocycles. The SMILES string of the molecule is CCC(Nc1ccc(NC(C)=O)cc1)c1ccccc1F. The Bertz CT molecular complexity index is 610. The molecule has 2 aromatic carbocycles. The molecule has 0 saturated heterocycles. The second-order valence-corrected chi connectivity index (χ2v) is 4.89. The highest BCUT2D eigenvalue weighted by Gasteiger charge is 2.13. The van der Waals surface area contributed by atoms with Crippen LogP contribution in [0.3, 0.4) is 0 Å². The molecule has 1 unspecified atom stereocenters. The van der Waals surface area contributed by atoms with E-state index in [1.807, 2.05) is 37.3 Å². The number of benzene rings is 2. The number of halogens is 1. The Hall–Kier alpha value is -2.36. The van der Waals surface area contributed by atoms with E-state index in [0.29, 0.717) is 5.56 Å². The Labute approximate surface area is 124 Å². The molecule has 0 fully saturated rings. The van der Waals surface area contributed by atoms with Gasteiger partial charge in [-0.2, -0.15) is 0 Å². The Morgan fingerprint density at radius 1 is 1.10 bits per heavy atom. The summed E-state index contributed by atoms with van der Waals surface area (Å²) < 4.78 is 13.8. The summed E-state index contributed by atoms with van der Waals surface area (Å²) in [5.74, 6) is -0.305. The molecule has 0 aliphatic carbocycles. The van der Waals surface area contributed by atoms with Gasteiger partial charge in [-0.05, 0) is 36.8 Å². The van der Waals surface area contributed by atoms with E-state index in [1.165, 1.54) is 13.0 Å². The molecule has 2 aromatic rings. The third-order valence-electron chi connectivity index (χ3n) is 3.24. The molecule has 0 bridgehead atoms. The van der Waals surface area contributed by atoms with Crippen LogP contribution < -0.4 is 10.6 Å². The maximum atomic E-state index is 13.8. The number of hydrogen-bond acceptors (Lipinski definition) is 2. The van der Waals surface area contributed by atoms with Crippen LogP contribution in [-0.2, 0) is 4.79 Å². The van der Waals surface area contributed by atoms with Crippen molar-refractivity contribution in [2.24, 2.45) is 0 Å². The van der Waals surface area contributed by atoms with E-state index < -0.39 is 0 Å². The molecule has 0 saturated carbocycles. The van der Waals surface area contributed by atoms with E-state index in [0.717, 1.165) is 17.8 Å². The van der Waals surface area contributed by atoms with E-state index in [-0.39, 0.29) is 17.8 Å². The van der Waals surface area contributed by atoms with E-state index in [1.54, 1.807) is 12.1 Å². The topological polar surface area (TPSA) is 41.1 Å². The van der Waals surface area contributed by atoms with Gasteiger partial charge in [0.15, 0.2) is 0 Å². The molecule has 0 radical (unpaired) electrons. The summed E-state index contributed by atoms with van der Waals surface area (Å²) in [4.78, 5) is 11.0. The summed E-state index contributed by atoms with van der Waals surface area (Å²) in [6, 6.07) is 14.1. The van der Waals surface area contributed by atoms with Gasteiger partial charge >= 0.3 is 0 Å². The molecule has 3 nitrogen and oxygen atoms in total. The number of anilines is 2. The van der Waals surface area contributed by atoms with Gasteiger partial charge in [-0.3, -0.25) is 4.79 Å². The van der Waals surface area contributed by atoms with Crippen LogP contribution in [0, 0.1) is 5.82 Å². The second-order valence-electron chi connectivity index (χ2n) is 4.89. The Kier molecular flexibility index (Phi) is 4.93. The predicted octanol–water partition coefficient (Wildman–Crippen LogP) is 4.35. The van der Waals surface area contributed by atoms with Gasteiger partial charge in [0.25, 0.3) is 0 Å². The molecular weight excluding hydrogens is 267 g/mol. The molecule has 2 N–H and O–H groups in total. The Balaban J connectivity index is 2.12. The van der Waals surface area contributed by atoms with Gasteiger partial charge in [0.2, 0.25) is 5.91 Å². The first-order valence-electron chi connectivity index (χ1n) is 6.98. The van der Waals surface area contributed by atoms with E-state index in [2.05, 4.69) is 10.6 Å². The number of hydrogen-bond donors (Lipinski definition) is 2. The highest BCUT2D eigenvalue weighted by molar-refractivity contribution is 5.88. The first-order valence-corrected chi connectivity index (χ1v) is 6.98. The molecule has 0 aliphatic rings. The quantitative estimate of drug-likeness (QED) is 0.858. The van der Waals surface area contributed by atoms with Crippen molar-refractivity contribution in [2.45, 2.75) is 26.3 Å². The summed E-state index contributed by atoms with van der Waals surface area (Å²) in [6.07, 6.45) is 0.772. The van der Waals surface area contributed by atoms with Crippen LogP contribution in [0.15, 0.2) is 48.5 Å². The zero-order valence-corrected chi connectivity index (χ0v) is 12.2. The molecule has 21 heavy (non-hydrogen) atoms. The van der Waals surface area contributed by atoms with Crippen molar-refractivity contribution < 1.29 is 9.18 Å². The third-order valence-corrected chi connectivity index (χ3v) is 3.24. The van der Waals surface area contributed by atoms with Crippen molar-refractivity contribution in [3.8, 4) is 0 Å². The molecule has 1 atom stereocenters.